The Kier molecular flexibility index (Phi) is 1.31. The maximum absolute atomic E-state index is 5.49. The molecular formula is C7H12O. The molecule has 0 aromatic carbocycles. The average molecular weight is 112 g/mol. The third-order valence-corrected chi connectivity index (χ3v) is 1.50. The second-order valence-electron chi connectivity index (χ2n) is 2.95. The van der Waals surface area contributed by atoms with Gasteiger partial charge in [-0.25, -0.2) is 0 Å². The number of hydrogen-bond acceptors (Lipinski definition) is 1. The first-order chi connectivity index (χ1) is 3.60. The van der Waals surface area contributed by atoms with Crippen molar-refractivity contribution in [1.82, 2.24) is 0 Å². The second kappa shape index (κ2) is 1.73. The first kappa shape index (κ1) is 6.09. The maximum Gasteiger partial charge on any atom is 0.0631 e. The molecule has 0 amide bonds. The lowest BCUT2D eigenvalue weighted by molar-refractivity contribution is 0.00405. The van der Waals surface area contributed by atoms with Crippen LogP contribution in [0.15, 0.2) is 0 Å². The highest BCUT2D eigenvalue weighted by Crippen LogP contribution is 2.28. The van der Waals surface area contributed by atoms with E-state index in [2.05, 4.69) is 13.8 Å². The fourth-order valence-electron chi connectivity index (χ4n) is 1.02. The van der Waals surface area contributed by atoms with Gasteiger partial charge in [0.25, 0.3) is 0 Å². The van der Waals surface area contributed by atoms with Crippen LogP contribution in [0.5, 0.6) is 0 Å². The zero-order valence-corrected chi connectivity index (χ0v) is 5.48. The molecule has 0 saturated carbocycles. The molecule has 0 aromatic heterocycles. The van der Waals surface area contributed by atoms with Gasteiger partial charge in [0.15, 0.2) is 0 Å². The highest BCUT2D eigenvalue weighted by molar-refractivity contribution is 4.81. The van der Waals surface area contributed by atoms with Crippen LogP contribution in [0.1, 0.15) is 26.7 Å². The van der Waals surface area contributed by atoms with Crippen molar-refractivity contribution < 1.29 is 4.74 Å². The Morgan fingerprint density at radius 2 is 2.25 bits per heavy atom. The lowest BCUT2D eigenvalue weighted by atomic mass is 10.1. The van der Waals surface area contributed by atoms with E-state index in [1.54, 1.807) is 0 Å². The quantitative estimate of drug-likeness (QED) is 0.463. The van der Waals surface area contributed by atoms with Crippen LogP contribution in [0, 0.1) is 6.92 Å². The Morgan fingerprint density at radius 1 is 1.62 bits per heavy atom. The van der Waals surface area contributed by atoms with E-state index in [9.17, 15) is 0 Å². The molecule has 0 N–H and O–H groups in total. The van der Waals surface area contributed by atoms with E-state index in [1.165, 1.54) is 0 Å². The van der Waals surface area contributed by atoms with Crippen molar-refractivity contribution in [3.05, 3.63) is 6.92 Å². The summed E-state index contributed by atoms with van der Waals surface area (Å²) in [7, 11) is 0. The lowest BCUT2D eigenvalue weighted by Crippen LogP contribution is -2.18. The Labute approximate surface area is 51.0 Å². The van der Waals surface area contributed by atoms with E-state index >= 15 is 0 Å². The van der Waals surface area contributed by atoms with Crippen LogP contribution in [-0.4, -0.2) is 11.7 Å². The molecule has 2 radical (unpaired) electrons. The van der Waals surface area contributed by atoms with Crippen LogP contribution in [-0.2, 0) is 4.74 Å². The number of rotatable bonds is 0. The highest BCUT2D eigenvalue weighted by Gasteiger charge is 2.28. The molecule has 0 bridgehead atoms. The van der Waals surface area contributed by atoms with Crippen LogP contribution in [0.2, 0.25) is 0 Å². The minimum absolute atomic E-state index is 0.00926. The molecule has 1 unspecified atom stereocenters. The van der Waals surface area contributed by atoms with Crippen LogP contribution in [0.25, 0.3) is 0 Å². The Hall–Kier alpha value is -0.0400. The standard InChI is InChI=1S/C7H12O/c1-6-4-5-7(2,3)8-6/h1,6H,4-5H2,2-3H3. The van der Waals surface area contributed by atoms with Gasteiger partial charge in [0.2, 0.25) is 0 Å². The topological polar surface area (TPSA) is 9.23 Å². The molecule has 0 aliphatic carbocycles. The van der Waals surface area contributed by atoms with Gasteiger partial charge in [-0.15, -0.1) is 0 Å². The third kappa shape index (κ3) is 1.22. The monoisotopic (exact) mass is 112 g/mol. The number of hydrogen-bond donors (Lipinski definition) is 0. The minimum atomic E-state index is -0.00926. The van der Waals surface area contributed by atoms with Crippen LogP contribution < -0.4 is 0 Å². The normalized spacial score (nSPS) is 35.6. The van der Waals surface area contributed by atoms with Crippen molar-refractivity contribution in [3.8, 4) is 0 Å². The summed E-state index contributed by atoms with van der Waals surface area (Å²) in [5.74, 6) is 0. The summed E-state index contributed by atoms with van der Waals surface area (Å²) < 4.78 is 5.33. The van der Waals surface area contributed by atoms with Crippen molar-refractivity contribution in [2.24, 2.45) is 0 Å². The van der Waals surface area contributed by atoms with Gasteiger partial charge in [0.05, 0.1) is 11.7 Å². The van der Waals surface area contributed by atoms with Gasteiger partial charge in [-0.05, 0) is 33.6 Å². The Morgan fingerprint density at radius 3 is 2.38 bits per heavy atom. The van der Waals surface area contributed by atoms with E-state index < -0.39 is 0 Å². The summed E-state index contributed by atoms with van der Waals surface area (Å²) in [5, 5.41) is 0. The predicted molar refractivity (Wildman–Crippen MR) is 32.5 cm³/mol. The first-order valence-corrected chi connectivity index (χ1v) is 3.03. The molecule has 0 spiro atoms. The van der Waals surface area contributed by atoms with Gasteiger partial charge in [-0.1, -0.05) is 0 Å². The molecule has 1 rings (SSSR count). The van der Waals surface area contributed by atoms with Crippen LogP contribution in [0.3, 0.4) is 0 Å². The fraction of sp³-hybridized carbons (Fsp3) is 0.857. The smallest absolute Gasteiger partial charge is 0.0631 e. The van der Waals surface area contributed by atoms with Crippen molar-refractivity contribution in [2.75, 3.05) is 0 Å². The molecule has 1 heterocycles. The van der Waals surface area contributed by atoms with Crippen molar-refractivity contribution in [3.63, 3.8) is 0 Å². The van der Waals surface area contributed by atoms with Gasteiger partial charge < -0.3 is 4.74 Å². The zero-order valence-electron chi connectivity index (χ0n) is 5.48. The summed E-state index contributed by atoms with van der Waals surface area (Å²) in [6, 6.07) is 0. The molecule has 8 heavy (non-hydrogen) atoms. The van der Waals surface area contributed by atoms with Gasteiger partial charge in [-0.3, -0.25) is 0 Å². The summed E-state index contributed by atoms with van der Waals surface area (Å²) in [5.41, 5.74) is 0.0411. The van der Waals surface area contributed by atoms with E-state index in [4.69, 9.17) is 11.7 Å². The average Bonchev–Trinajstić information content (AvgIpc) is 1.82. The molecule has 1 nitrogen and oxygen atoms in total. The summed E-state index contributed by atoms with van der Waals surface area (Å²) in [6.07, 6.45) is 2.09. The van der Waals surface area contributed by atoms with Gasteiger partial charge in [-0.2, -0.15) is 0 Å². The van der Waals surface area contributed by atoms with E-state index in [1.807, 2.05) is 0 Å². The molecule has 1 atom stereocenters. The molecule has 1 fully saturated rings. The second-order valence-corrected chi connectivity index (χ2v) is 2.95. The van der Waals surface area contributed by atoms with E-state index in [-0.39, 0.29) is 11.7 Å². The minimum Gasteiger partial charge on any atom is -0.372 e. The molecule has 1 saturated heterocycles. The maximum atomic E-state index is 5.49. The zero-order chi connectivity index (χ0) is 6.20. The number of ether oxygens (including phenoxy) is 1. The largest absolute Gasteiger partial charge is 0.372 e. The van der Waals surface area contributed by atoms with Crippen LogP contribution in [0.4, 0.5) is 0 Å². The van der Waals surface area contributed by atoms with Crippen LogP contribution >= 0.6 is 0 Å². The van der Waals surface area contributed by atoms with Gasteiger partial charge in [0.1, 0.15) is 0 Å². The third-order valence-electron chi connectivity index (χ3n) is 1.50. The van der Waals surface area contributed by atoms with E-state index in [0.717, 1.165) is 12.8 Å². The SMILES string of the molecule is [CH]C1CCC(C)(C)O1. The summed E-state index contributed by atoms with van der Waals surface area (Å²) in [6.45, 7) is 9.63. The molecule has 1 heteroatoms. The van der Waals surface area contributed by atoms with Crippen molar-refractivity contribution in [2.45, 2.75) is 38.4 Å². The predicted octanol–water partition coefficient (Wildman–Crippen LogP) is 1.66. The first-order valence-electron chi connectivity index (χ1n) is 3.03. The Balaban J connectivity index is 2.44. The van der Waals surface area contributed by atoms with Crippen molar-refractivity contribution >= 4 is 0 Å². The highest BCUT2D eigenvalue weighted by atomic mass is 16.5. The molecule has 1 aliphatic rings. The van der Waals surface area contributed by atoms with Gasteiger partial charge in [0, 0.05) is 0 Å². The molecule has 0 aromatic rings. The summed E-state index contributed by atoms with van der Waals surface area (Å²) >= 11 is 0. The molecule has 1 aliphatic heterocycles. The Bertz CT molecular complexity index is 86.4. The van der Waals surface area contributed by atoms with E-state index in [0.29, 0.717) is 0 Å². The summed E-state index contributed by atoms with van der Waals surface area (Å²) in [4.78, 5) is 0. The molecular weight excluding hydrogens is 100 g/mol. The fourth-order valence-corrected chi connectivity index (χ4v) is 1.02. The van der Waals surface area contributed by atoms with Crippen molar-refractivity contribution in [1.29, 1.82) is 0 Å². The lowest BCUT2D eigenvalue weighted by Gasteiger charge is -2.16. The molecule has 46 valence electrons. The van der Waals surface area contributed by atoms with Gasteiger partial charge >= 0.3 is 0 Å².